The maximum Gasteiger partial charge on any atom is 0.128 e. The van der Waals surface area contributed by atoms with E-state index in [4.69, 9.17) is 5.73 Å². The van der Waals surface area contributed by atoms with Gasteiger partial charge < -0.3 is 10.6 Å². The van der Waals surface area contributed by atoms with Gasteiger partial charge in [-0.3, -0.25) is 0 Å². The maximum atomic E-state index is 13.8. The molecule has 0 spiro atoms. The molecule has 2 aromatic carbocycles. The van der Waals surface area contributed by atoms with Crippen LogP contribution in [0.5, 0.6) is 0 Å². The van der Waals surface area contributed by atoms with Crippen LogP contribution in [-0.4, -0.2) is 7.05 Å². The third-order valence-corrected chi connectivity index (χ3v) is 3.25. The van der Waals surface area contributed by atoms with Crippen LogP contribution in [-0.2, 0) is 0 Å². The summed E-state index contributed by atoms with van der Waals surface area (Å²) in [7, 11) is 1.92. The number of anilines is 2. The summed E-state index contributed by atoms with van der Waals surface area (Å²) in [6.45, 7) is 1.96. The molecule has 94 valence electrons. The van der Waals surface area contributed by atoms with Crippen LogP contribution >= 0.6 is 0 Å². The third kappa shape index (κ3) is 2.30. The second-order valence-electron chi connectivity index (χ2n) is 4.37. The Labute approximate surface area is 107 Å². The van der Waals surface area contributed by atoms with E-state index in [1.54, 1.807) is 12.1 Å². The van der Waals surface area contributed by atoms with Gasteiger partial charge in [0.05, 0.1) is 17.4 Å². The molecular formula is C15H17FN2. The van der Waals surface area contributed by atoms with Gasteiger partial charge in [0, 0.05) is 12.6 Å². The van der Waals surface area contributed by atoms with Gasteiger partial charge in [0.1, 0.15) is 5.82 Å². The lowest BCUT2D eigenvalue weighted by Gasteiger charge is -2.28. The summed E-state index contributed by atoms with van der Waals surface area (Å²) in [6.07, 6.45) is 0. The SMILES string of the molecule is CC(c1ccccc1F)N(C)c1ccccc1N. The van der Waals surface area contributed by atoms with Gasteiger partial charge in [0.15, 0.2) is 0 Å². The molecule has 0 aliphatic rings. The zero-order valence-electron chi connectivity index (χ0n) is 10.6. The number of nitrogens with two attached hydrogens (primary N) is 1. The molecule has 2 rings (SSSR count). The van der Waals surface area contributed by atoms with Crippen LogP contribution in [0.25, 0.3) is 0 Å². The summed E-state index contributed by atoms with van der Waals surface area (Å²) >= 11 is 0. The van der Waals surface area contributed by atoms with Crippen LogP contribution in [0.1, 0.15) is 18.5 Å². The highest BCUT2D eigenvalue weighted by Crippen LogP contribution is 2.30. The average molecular weight is 244 g/mol. The van der Waals surface area contributed by atoms with Crippen LogP contribution in [0.2, 0.25) is 0 Å². The number of rotatable bonds is 3. The molecule has 0 radical (unpaired) electrons. The number of hydrogen-bond acceptors (Lipinski definition) is 2. The van der Waals surface area contributed by atoms with Crippen molar-refractivity contribution in [3.63, 3.8) is 0 Å². The first kappa shape index (κ1) is 12.4. The molecule has 0 saturated carbocycles. The van der Waals surface area contributed by atoms with E-state index in [1.807, 2.05) is 49.2 Å². The Hall–Kier alpha value is -2.03. The van der Waals surface area contributed by atoms with Gasteiger partial charge in [-0.1, -0.05) is 30.3 Å². The summed E-state index contributed by atoms with van der Waals surface area (Å²) in [4.78, 5) is 1.98. The number of halogens is 1. The second kappa shape index (κ2) is 5.08. The second-order valence-corrected chi connectivity index (χ2v) is 4.37. The van der Waals surface area contributed by atoms with Crippen molar-refractivity contribution in [3.8, 4) is 0 Å². The van der Waals surface area contributed by atoms with Gasteiger partial charge in [-0.05, 0) is 25.1 Å². The number of nitrogens with zero attached hydrogens (tertiary/aromatic N) is 1. The van der Waals surface area contributed by atoms with E-state index in [0.29, 0.717) is 11.3 Å². The number of benzene rings is 2. The molecule has 0 bridgehead atoms. The molecule has 2 aromatic rings. The zero-order valence-corrected chi connectivity index (χ0v) is 10.6. The molecule has 3 heteroatoms. The van der Waals surface area contributed by atoms with Crippen LogP contribution in [0, 0.1) is 5.82 Å². The van der Waals surface area contributed by atoms with Crippen molar-refractivity contribution >= 4 is 11.4 Å². The highest BCUT2D eigenvalue weighted by Gasteiger charge is 2.16. The molecular weight excluding hydrogens is 227 g/mol. The van der Waals surface area contributed by atoms with Gasteiger partial charge in [-0.25, -0.2) is 4.39 Å². The van der Waals surface area contributed by atoms with Crippen LogP contribution in [0.15, 0.2) is 48.5 Å². The minimum absolute atomic E-state index is 0.0732. The topological polar surface area (TPSA) is 29.3 Å². The number of nitrogen functional groups attached to an aromatic ring is 1. The summed E-state index contributed by atoms with van der Waals surface area (Å²) < 4.78 is 13.8. The van der Waals surface area contributed by atoms with Crippen molar-refractivity contribution < 1.29 is 4.39 Å². The van der Waals surface area contributed by atoms with E-state index < -0.39 is 0 Å². The molecule has 2 N–H and O–H groups in total. The largest absolute Gasteiger partial charge is 0.397 e. The van der Waals surface area contributed by atoms with Crippen molar-refractivity contribution in [2.45, 2.75) is 13.0 Å². The fourth-order valence-electron chi connectivity index (χ4n) is 2.04. The molecule has 1 unspecified atom stereocenters. The van der Waals surface area contributed by atoms with Crippen molar-refractivity contribution in [2.24, 2.45) is 0 Å². The van der Waals surface area contributed by atoms with Crippen LogP contribution in [0.4, 0.5) is 15.8 Å². The van der Waals surface area contributed by atoms with E-state index in [2.05, 4.69) is 0 Å². The minimum Gasteiger partial charge on any atom is -0.397 e. The van der Waals surface area contributed by atoms with Crippen molar-refractivity contribution in [3.05, 3.63) is 59.9 Å². The molecule has 0 aliphatic carbocycles. The predicted molar refractivity (Wildman–Crippen MR) is 74.1 cm³/mol. The zero-order chi connectivity index (χ0) is 13.1. The first-order chi connectivity index (χ1) is 8.61. The van der Waals surface area contributed by atoms with E-state index in [1.165, 1.54) is 6.07 Å². The Kier molecular flexibility index (Phi) is 3.51. The highest BCUT2D eigenvalue weighted by atomic mass is 19.1. The highest BCUT2D eigenvalue weighted by molar-refractivity contribution is 5.67. The quantitative estimate of drug-likeness (QED) is 0.836. The molecule has 0 aromatic heterocycles. The molecule has 0 saturated heterocycles. The molecule has 0 aliphatic heterocycles. The lowest BCUT2D eigenvalue weighted by Crippen LogP contribution is -2.23. The van der Waals surface area contributed by atoms with Crippen LogP contribution in [0.3, 0.4) is 0 Å². The Morgan fingerprint density at radius 1 is 1.06 bits per heavy atom. The van der Waals surface area contributed by atoms with Crippen molar-refractivity contribution in [1.29, 1.82) is 0 Å². The van der Waals surface area contributed by atoms with E-state index in [-0.39, 0.29) is 11.9 Å². The standard InChI is InChI=1S/C15H17FN2/c1-11(12-7-3-4-8-13(12)16)18(2)15-10-6-5-9-14(15)17/h3-11H,17H2,1-2H3. The minimum atomic E-state index is -0.189. The Morgan fingerprint density at radius 3 is 2.33 bits per heavy atom. The molecule has 0 amide bonds. The fourth-order valence-corrected chi connectivity index (χ4v) is 2.04. The smallest absolute Gasteiger partial charge is 0.128 e. The lowest BCUT2D eigenvalue weighted by molar-refractivity contribution is 0.585. The first-order valence-corrected chi connectivity index (χ1v) is 5.93. The molecule has 18 heavy (non-hydrogen) atoms. The average Bonchev–Trinajstić information content (AvgIpc) is 2.38. The lowest BCUT2D eigenvalue weighted by atomic mass is 10.1. The van der Waals surface area contributed by atoms with E-state index in [0.717, 1.165) is 5.69 Å². The normalized spacial score (nSPS) is 12.2. The summed E-state index contributed by atoms with van der Waals surface area (Å²) in [5.41, 5.74) is 8.22. The Balaban J connectivity index is 2.33. The van der Waals surface area contributed by atoms with E-state index >= 15 is 0 Å². The monoisotopic (exact) mass is 244 g/mol. The number of hydrogen-bond donors (Lipinski definition) is 1. The van der Waals surface area contributed by atoms with Gasteiger partial charge in [0.25, 0.3) is 0 Å². The van der Waals surface area contributed by atoms with E-state index in [9.17, 15) is 4.39 Å². The molecule has 1 atom stereocenters. The van der Waals surface area contributed by atoms with Gasteiger partial charge in [-0.15, -0.1) is 0 Å². The Bertz CT molecular complexity index is 490. The maximum absolute atomic E-state index is 13.8. The van der Waals surface area contributed by atoms with Crippen molar-refractivity contribution in [1.82, 2.24) is 0 Å². The van der Waals surface area contributed by atoms with Crippen molar-refractivity contribution in [2.75, 3.05) is 17.7 Å². The molecule has 0 fully saturated rings. The first-order valence-electron chi connectivity index (χ1n) is 5.93. The summed E-state index contributed by atoms with van der Waals surface area (Å²) in [5.74, 6) is -0.189. The predicted octanol–water partition coefficient (Wildman–Crippen LogP) is 3.61. The van der Waals surface area contributed by atoms with Gasteiger partial charge in [-0.2, -0.15) is 0 Å². The summed E-state index contributed by atoms with van der Waals surface area (Å²) in [6, 6.07) is 14.3. The molecule has 0 heterocycles. The molecule has 2 nitrogen and oxygen atoms in total. The van der Waals surface area contributed by atoms with Crippen LogP contribution < -0.4 is 10.6 Å². The summed E-state index contributed by atoms with van der Waals surface area (Å²) in [5, 5.41) is 0. The Morgan fingerprint density at radius 2 is 1.67 bits per heavy atom. The number of para-hydroxylation sites is 2. The van der Waals surface area contributed by atoms with Gasteiger partial charge in [0.2, 0.25) is 0 Å². The van der Waals surface area contributed by atoms with Gasteiger partial charge >= 0.3 is 0 Å². The third-order valence-electron chi connectivity index (χ3n) is 3.25. The fraction of sp³-hybridized carbons (Fsp3) is 0.200.